The molecular weight excluding hydrogens is 374 g/mol. The van der Waals surface area contributed by atoms with E-state index >= 15 is 0 Å². The first kappa shape index (κ1) is 21.1. The maximum atomic E-state index is 13.4. The van der Waals surface area contributed by atoms with Gasteiger partial charge in [0.2, 0.25) is 5.91 Å². The maximum absolute atomic E-state index is 13.4. The third-order valence-electron chi connectivity index (χ3n) is 6.84. The lowest BCUT2D eigenvalue weighted by Crippen LogP contribution is -2.53. The average Bonchev–Trinajstić information content (AvgIpc) is 3.13. The molecule has 2 amide bonds. The van der Waals surface area contributed by atoms with Gasteiger partial charge in [-0.15, -0.1) is 12.4 Å². The summed E-state index contributed by atoms with van der Waals surface area (Å²) in [7, 11) is 1.99. The van der Waals surface area contributed by atoms with Crippen molar-refractivity contribution in [3.05, 3.63) is 35.9 Å². The number of carbonyl (C=O) groups excluding carboxylic acids is 2. The first-order chi connectivity index (χ1) is 13.2. The van der Waals surface area contributed by atoms with Crippen LogP contribution in [0.2, 0.25) is 0 Å². The monoisotopic (exact) mass is 405 g/mol. The summed E-state index contributed by atoms with van der Waals surface area (Å²) in [6.45, 7) is 1.59. The van der Waals surface area contributed by atoms with E-state index in [4.69, 9.17) is 0 Å². The van der Waals surface area contributed by atoms with Gasteiger partial charge in [-0.1, -0.05) is 31.0 Å². The fourth-order valence-electron chi connectivity index (χ4n) is 5.30. The van der Waals surface area contributed by atoms with Gasteiger partial charge in [-0.2, -0.15) is 0 Å². The number of benzene rings is 1. The van der Waals surface area contributed by atoms with E-state index in [1.54, 1.807) is 0 Å². The molecule has 4 rings (SSSR count). The predicted octanol–water partition coefficient (Wildman–Crippen LogP) is 3.09. The lowest BCUT2D eigenvalue weighted by Gasteiger charge is -2.37. The minimum absolute atomic E-state index is 0. The molecule has 1 saturated carbocycles. The highest BCUT2D eigenvalue weighted by Crippen LogP contribution is 2.41. The molecule has 3 atom stereocenters. The number of amides is 2. The van der Waals surface area contributed by atoms with E-state index < -0.39 is 0 Å². The second-order valence-corrected chi connectivity index (χ2v) is 8.33. The van der Waals surface area contributed by atoms with Crippen LogP contribution in [0.25, 0.3) is 0 Å². The molecule has 2 saturated heterocycles. The SMILES string of the molecule is CNC1CCN(C(=O)C2CC3CCCCC3N2C(=O)c2ccccc2)CC1.Cl. The Morgan fingerprint density at radius 2 is 1.68 bits per heavy atom. The van der Waals surface area contributed by atoms with E-state index in [-0.39, 0.29) is 36.3 Å². The van der Waals surface area contributed by atoms with E-state index in [1.807, 2.05) is 47.2 Å². The van der Waals surface area contributed by atoms with E-state index in [0.29, 0.717) is 17.5 Å². The molecule has 154 valence electrons. The molecule has 6 heteroatoms. The highest BCUT2D eigenvalue weighted by molar-refractivity contribution is 5.98. The molecule has 2 heterocycles. The molecule has 3 aliphatic rings. The normalized spacial score (nSPS) is 27.8. The van der Waals surface area contributed by atoms with Crippen molar-refractivity contribution in [3.63, 3.8) is 0 Å². The Kier molecular flexibility index (Phi) is 7.00. The number of hydrogen-bond acceptors (Lipinski definition) is 3. The molecule has 0 bridgehead atoms. The summed E-state index contributed by atoms with van der Waals surface area (Å²) in [6, 6.07) is 9.94. The van der Waals surface area contributed by atoms with E-state index in [1.165, 1.54) is 6.42 Å². The predicted molar refractivity (Wildman–Crippen MR) is 113 cm³/mol. The van der Waals surface area contributed by atoms with Crippen LogP contribution >= 0.6 is 12.4 Å². The first-order valence-electron chi connectivity index (χ1n) is 10.5. The highest BCUT2D eigenvalue weighted by Gasteiger charge is 2.48. The standard InChI is InChI=1S/C22H31N3O2.ClH/c1-23-18-11-13-24(14-12-18)22(27)20-15-17-9-5-6-10-19(17)25(20)21(26)16-7-3-2-4-8-16;/h2-4,7-8,17-20,23H,5-6,9-15H2,1H3;1H. The molecule has 3 unspecified atom stereocenters. The number of nitrogens with zero attached hydrogens (tertiary/aromatic N) is 2. The fourth-order valence-corrected chi connectivity index (χ4v) is 5.30. The molecule has 1 N–H and O–H groups in total. The number of rotatable bonds is 3. The van der Waals surface area contributed by atoms with Crippen LogP contribution in [0.1, 0.15) is 55.3 Å². The zero-order valence-electron chi connectivity index (χ0n) is 16.7. The zero-order valence-corrected chi connectivity index (χ0v) is 17.5. The van der Waals surface area contributed by atoms with Crippen LogP contribution in [0.5, 0.6) is 0 Å². The van der Waals surface area contributed by atoms with Crippen LogP contribution in [0, 0.1) is 5.92 Å². The number of likely N-dealkylation sites (tertiary alicyclic amines) is 2. The fraction of sp³-hybridized carbons (Fsp3) is 0.636. The Morgan fingerprint density at radius 3 is 2.36 bits per heavy atom. The lowest BCUT2D eigenvalue weighted by atomic mass is 9.84. The van der Waals surface area contributed by atoms with E-state index in [0.717, 1.165) is 51.6 Å². The minimum Gasteiger partial charge on any atom is -0.341 e. The molecular formula is C22H32ClN3O2. The second kappa shape index (κ2) is 9.27. The summed E-state index contributed by atoms with van der Waals surface area (Å²) in [4.78, 5) is 30.7. The lowest BCUT2D eigenvalue weighted by molar-refractivity contribution is -0.136. The molecule has 0 aromatic heterocycles. The number of carbonyl (C=O) groups is 2. The average molecular weight is 406 g/mol. The van der Waals surface area contributed by atoms with Gasteiger partial charge < -0.3 is 15.1 Å². The van der Waals surface area contributed by atoms with Crippen molar-refractivity contribution in [3.8, 4) is 0 Å². The van der Waals surface area contributed by atoms with E-state index in [2.05, 4.69) is 5.32 Å². The number of hydrogen-bond donors (Lipinski definition) is 1. The first-order valence-corrected chi connectivity index (χ1v) is 10.5. The third-order valence-corrected chi connectivity index (χ3v) is 6.84. The van der Waals surface area contributed by atoms with Crippen LogP contribution in [0.15, 0.2) is 30.3 Å². The van der Waals surface area contributed by atoms with Gasteiger partial charge in [0.25, 0.3) is 5.91 Å². The Bertz CT molecular complexity index is 676. The number of piperidine rings is 1. The van der Waals surface area contributed by atoms with Gasteiger partial charge in [0.15, 0.2) is 0 Å². The largest absolute Gasteiger partial charge is 0.341 e. The number of halogens is 1. The molecule has 3 fully saturated rings. The molecule has 1 aromatic carbocycles. The van der Waals surface area contributed by atoms with Gasteiger partial charge in [0.1, 0.15) is 6.04 Å². The third kappa shape index (κ3) is 4.06. The molecule has 28 heavy (non-hydrogen) atoms. The van der Waals surface area contributed by atoms with Crippen LogP contribution in [-0.4, -0.2) is 59.9 Å². The van der Waals surface area contributed by atoms with Gasteiger partial charge in [-0.25, -0.2) is 0 Å². The highest BCUT2D eigenvalue weighted by atomic mass is 35.5. The van der Waals surface area contributed by atoms with Gasteiger partial charge >= 0.3 is 0 Å². The van der Waals surface area contributed by atoms with Crippen molar-refractivity contribution < 1.29 is 9.59 Å². The molecule has 1 aliphatic carbocycles. The molecule has 1 aromatic rings. The molecule has 2 aliphatic heterocycles. The Labute approximate surface area is 174 Å². The molecule has 0 radical (unpaired) electrons. The Morgan fingerprint density at radius 1 is 1.00 bits per heavy atom. The van der Waals surface area contributed by atoms with Crippen LogP contribution in [0.3, 0.4) is 0 Å². The van der Waals surface area contributed by atoms with Crippen molar-refractivity contribution in [2.75, 3.05) is 20.1 Å². The maximum Gasteiger partial charge on any atom is 0.254 e. The van der Waals surface area contributed by atoms with Gasteiger partial charge in [-0.05, 0) is 57.2 Å². The van der Waals surface area contributed by atoms with Crippen molar-refractivity contribution >= 4 is 24.2 Å². The van der Waals surface area contributed by atoms with Gasteiger partial charge in [-0.3, -0.25) is 9.59 Å². The van der Waals surface area contributed by atoms with Crippen LogP contribution in [-0.2, 0) is 4.79 Å². The van der Waals surface area contributed by atoms with E-state index in [9.17, 15) is 9.59 Å². The molecule has 5 nitrogen and oxygen atoms in total. The smallest absolute Gasteiger partial charge is 0.254 e. The van der Waals surface area contributed by atoms with Crippen LogP contribution < -0.4 is 5.32 Å². The summed E-state index contributed by atoms with van der Waals surface area (Å²) in [5.41, 5.74) is 0.704. The number of nitrogens with one attached hydrogen (secondary N) is 1. The summed E-state index contributed by atoms with van der Waals surface area (Å²) >= 11 is 0. The summed E-state index contributed by atoms with van der Waals surface area (Å²) in [5.74, 6) is 0.687. The summed E-state index contributed by atoms with van der Waals surface area (Å²) < 4.78 is 0. The second-order valence-electron chi connectivity index (χ2n) is 8.33. The Balaban J connectivity index is 0.00000225. The number of fused-ring (bicyclic) bond motifs is 1. The topological polar surface area (TPSA) is 52.7 Å². The Hall–Kier alpha value is -1.59. The molecule has 0 spiro atoms. The summed E-state index contributed by atoms with van der Waals surface area (Å²) in [6.07, 6.45) is 7.40. The zero-order chi connectivity index (χ0) is 18.8. The van der Waals surface area contributed by atoms with Crippen LogP contribution in [0.4, 0.5) is 0 Å². The van der Waals surface area contributed by atoms with Crippen molar-refractivity contribution in [2.45, 2.75) is 63.1 Å². The quantitative estimate of drug-likeness (QED) is 0.840. The van der Waals surface area contributed by atoms with Gasteiger partial charge in [0, 0.05) is 30.7 Å². The van der Waals surface area contributed by atoms with Crippen molar-refractivity contribution in [2.24, 2.45) is 5.92 Å². The minimum atomic E-state index is -0.281. The van der Waals surface area contributed by atoms with Crippen molar-refractivity contribution in [1.29, 1.82) is 0 Å². The van der Waals surface area contributed by atoms with Gasteiger partial charge in [0.05, 0.1) is 0 Å². The van der Waals surface area contributed by atoms with Crippen molar-refractivity contribution in [1.82, 2.24) is 15.1 Å². The summed E-state index contributed by atoms with van der Waals surface area (Å²) in [5, 5.41) is 3.32.